The average molecular weight is 1080 g/mol. The molecule has 9 rings (SSSR count). The lowest BCUT2D eigenvalue weighted by atomic mass is 9.96. The summed E-state index contributed by atoms with van der Waals surface area (Å²) in [7, 11) is 0. The van der Waals surface area contributed by atoms with Gasteiger partial charge in [0.1, 0.15) is 30.7 Å². The predicted octanol–water partition coefficient (Wildman–Crippen LogP) is 6.78. The third-order valence-corrected chi connectivity index (χ3v) is 15.0. The van der Waals surface area contributed by atoms with Crippen molar-refractivity contribution in [2.45, 2.75) is 96.5 Å². The molecule has 78 heavy (non-hydrogen) atoms. The molecule has 21 nitrogen and oxygen atoms in total. The first kappa shape index (κ1) is 56.2. The zero-order valence-electron chi connectivity index (χ0n) is 45.4. The molecule has 4 aromatic heterocycles. The number of anilines is 4. The second-order valence-corrected chi connectivity index (χ2v) is 20.3. The van der Waals surface area contributed by atoms with Crippen LogP contribution in [0.3, 0.4) is 0 Å². The molecule has 0 spiro atoms. The van der Waals surface area contributed by atoms with Crippen molar-refractivity contribution < 1.29 is 43.1 Å². The van der Waals surface area contributed by atoms with Crippen molar-refractivity contribution in [3.8, 4) is 5.88 Å². The second-order valence-electron chi connectivity index (χ2n) is 20.3. The van der Waals surface area contributed by atoms with E-state index in [0.29, 0.717) is 83.1 Å². The van der Waals surface area contributed by atoms with E-state index in [1.165, 1.54) is 29.4 Å². The molecule has 7 heterocycles. The minimum Gasteiger partial charge on any atom is -0.475 e. The Balaban J connectivity index is 0.618. The summed E-state index contributed by atoms with van der Waals surface area (Å²) in [5.74, 6) is 3.98. The number of nitrogens with zero attached hydrogens (tertiary/aromatic N) is 10. The Morgan fingerprint density at radius 1 is 0.859 bits per heavy atom. The summed E-state index contributed by atoms with van der Waals surface area (Å²) in [6.07, 6.45) is 14.9. The van der Waals surface area contributed by atoms with E-state index in [2.05, 4.69) is 86.3 Å². The molecule has 3 N–H and O–H groups in total. The maximum atomic E-state index is 12.9. The summed E-state index contributed by atoms with van der Waals surface area (Å²) < 4.78 is 35.9. The number of piperidine rings is 1. The number of aromatic nitrogens is 6. The fourth-order valence-corrected chi connectivity index (χ4v) is 10.3. The van der Waals surface area contributed by atoms with Gasteiger partial charge in [-0.15, -0.1) is 0 Å². The highest BCUT2D eigenvalue weighted by atomic mass is 16.6. The molecule has 4 aliphatic rings. The molecular formula is C57H78N12O9. The number of piperazine rings is 1. The molecule has 420 valence electrons. The zero-order chi connectivity index (χ0) is 54.1. The first-order valence-electron chi connectivity index (χ1n) is 28.0. The van der Waals surface area contributed by atoms with Crippen LogP contribution >= 0.6 is 0 Å². The highest BCUT2D eigenvalue weighted by Gasteiger charge is 2.33. The van der Waals surface area contributed by atoms with E-state index in [1.54, 1.807) is 12.4 Å². The first-order valence-corrected chi connectivity index (χ1v) is 28.0. The van der Waals surface area contributed by atoms with Gasteiger partial charge in [-0.05, 0) is 74.1 Å². The van der Waals surface area contributed by atoms with E-state index in [1.807, 2.05) is 27.7 Å². The van der Waals surface area contributed by atoms with Gasteiger partial charge in [0.25, 0.3) is 0 Å². The second kappa shape index (κ2) is 28.4. The summed E-state index contributed by atoms with van der Waals surface area (Å²) in [5, 5.41) is 21.3. The monoisotopic (exact) mass is 1070 g/mol. The van der Waals surface area contributed by atoms with Gasteiger partial charge in [-0.2, -0.15) is 14.6 Å². The molecule has 0 radical (unpaired) electrons. The molecule has 5 aromatic rings. The molecule has 3 atom stereocenters. The maximum absolute atomic E-state index is 12.9. The number of aliphatic hydroxyl groups excluding tert-OH is 1. The fraction of sp³-hybridized carbons (Fsp3) is 0.561. The smallest absolute Gasteiger partial charge is 0.415 e. The first-order chi connectivity index (χ1) is 38.3. The van der Waals surface area contributed by atoms with E-state index in [-0.39, 0.29) is 44.4 Å². The fourth-order valence-electron chi connectivity index (χ4n) is 10.3. The van der Waals surface area contributed by atoms with Crippen LogP contribution in [0.1, 0.15) is 98.7 Å². The molecule has 0 bridgehead atoms. The van der Waals surface area contributed by atoms with Crippen LogP contribution in [0.5, 0.6) is 5.88 Å². The average Bonchev–Trinajstić information content (AvgIpc) is 4.27. The Hall–Kier alpha value is -6.49. The number of pyridine rings is 1. The van der Waals surface area contributed by atoms with E-state index >= 15 is 0 Å². The van der Waals surface area contributed by atoms with Gasteiger partial charge >= 0.3 is 6.09 Å². The van der Waals surface area contributed by atoms with Crippen LogP contribution < -0.4 is 25.2 Å². The molecule has 21 heteroatoms. The summed E-state index contributed by atoms with van der Waals surface area (Å²) in [4.78, 5) is 52.2. The normalized spacial score (nSPS) is 17.7. The number of rotatable bonds is 31. The number of amides is 2. The van der Waals surface area contributed by atoms with Gasteiger partial charge in [0.15, 0.2) is 5.65 Å². The van der Waals surface area contributed by atoms with Gasteiger partial charge in [0, 0.05) is 88.0 Å². The van der Waals surface area contributed by atoms with Crippen molar-refractivity contribution in [1.29, 1.82) is 0 Å². The zero-order valence-corrected chi connectivity index (χ0v) is 45.4. The lowest BCUT2D eigenvalue weighted by Gasteiger charge is -2.39. The minimum atomic E-state index is -0.480. The Kier molecular flexibility index (Phi) is 20.5. The Morgan fingerprint density at radius 2 is 1.59 bits per heavy atom. The topological polar surface area (TPSA) is 216 Å². The summed E-state index contributed by atoms with van der Waals surface area (Å²) in [5.41, 5.74) is 6.05. The molecular weight excluding hydrogens is 997 g/mol. The van der Waals surface area contributed by atoms with E-state index < -0.39 is 6.09 Å². The number of carbonyl (C=O) groups excluding carboxylic acids is 2. The number of nitrogens with one attached hydrogen (secondary N) is 2. The predicted molar refractivity (Wildman–Crippen MR) is 296 cm³/mol. The van der Waals surface area contributed by atoms with Gasteiger partial charge in [0.2, 0.25) is 17.7 Å². The molecule has 2 saturated heterocycles. The van der Waals surface area contributed by atoms with Crippen LogP contribution in [0.15, 0.2) is 73.7 Å². The van der Waals surface area contributed by atoms with Crippen molar-refractivity contribution in [2.24, 2.45) is 5.92 Å². The molecule has 2 amide bonds. The van der Waals surface area contributed by atoms with E-state index in [0.717, 1.165) is 117 Å². The van der Waals surface area contributed by atoms with Gasteiger partial charge in [-0.3, -0.25) is 14.6 Å². The van der Waals surface area contributed by atoms with Gasteiger partial charge in [-0.1, -0.05) is 56.7 Å². The number of cyclic esters (lactones) is 1. The lowest BCUT2D eigenvalue weighted by molar-refractivity contribution is -0.128. The Labute approximate surface area is 457 Å². The minimum absolute atomic E-state index is 0.00387. The van der Waals surface area contributed by atoms with Crippen molar-refractivity contribution in [3.05, 3.63) is 102 Å². The van der Waals surface area contributed by atoms with Crippen LogP contribution in [0.25, 0.3) is 5.65 Å². The molecule has 1 aliphatic carbocycles. The standard InChI is InChI=1S/C57H78N12O9/c1-4-44-39-61-69-50(35-51(63-55(44)69)67-18-7-6-8-48(67)17-24-70)58-36-43-11-16-52(59-37-43)77-33-32-76-31-30-75-29-28-74-27-26-73-25-23-68-54-47(40-78-57(68)72)38-60-56(64-54)62-41(3)45-12-14-46(15-13-45)49(34-42-9-10-42)65-19-21-66(22-20-65)53(71)5-2/h5,11-16,35,37-39,41-42,48-49,58,70H,2,4,6-10,17-34,36,40H2,1,3H3,(H,60,62,64)/t41-,48-,49-/m0/s1. The molecule has 0 unspecified atom stereocenters. The van der Waals surface area contributed by atoms with Crippen LogP contribution in [-0.2, 0) is 48.1 Å². The highest BCUT2D eigenvalue weighted by Crippen LogP contribution is 2.41. The van der Waals surface area contributed by atoms with Crippen molar-refractivity contribution in [2.75, 3.05) is 126 Å². The van der Waals surface area contributed by atoms with Crippen LogP contribution in [0.4, 0.5) is 28.2 Å². The quantitative estimate of drug-likeness (QED) is 0.0308. The molecule has 3 aliphatic heterocycles. The molecule has 3 fully saturated rings. The summed E-state index contributed by atoms with van der Waals surface area (Å²) in [6.45, 7) is 16.4. The molecule has 1 aromatic carbocycles. The Bertz CT molecular complexity index is 2700. The SMILES string of the molecule is C=CC(=O)N1CCN([C@@H](CC2CC2)c2ccc([C@H](C)Nc3ncc4c(n3)N(CCOCCOCCOCCOCCOc3ccc(CNc5cc(N6CCCC[C@H]6CCO)nc6c(CC)cnn56)cn3)C(=O)OC4)cc2)CC1. The summed E-state index contributed by atoms with van der Waals surface area (Å²) >= 11 is 0. The van der Waals surface area contributed by atoms with Crippen LogP contribution in [0.2, 0.25) is 0 Å². The van der Waals surface area contributed by atoms with Gasteiger partial charge < -0.3 is 54.0 Å². The van der Waals surface area contributed by atoms with Gasteiger partial charge in [-0.25, -0.2) is 19.7 Å². The number of aliphatic hydroxyl groups is 1. The molecule has 1 saturated carbocycles. The van der Waals surface area contributed by atoms with Crippen molar-refractivity contribution in [3.63, 3.8) is 0 Å². The number of fused-ring (bicyclic) bond motifs is 2. The van der Waals surface area contributed by atoms with E-state index in [9.17, 15) is 14.7 Å². The number of aryl methyl sites for hydroxylation is 1. The lowest BCUT2D eigenvalue weighted by Crippen LogP contribution is -2.49. The van der Waals surface area contributed by atoms with Crippen LogP contribution in [-0.4, -0.2) is 168 Å². The summed E-state index contributed by atoms with van der Waals surface area (Å²) in [6, 6.07) is 15.2. The third kappa shape index (κ3) is 15.2. The third-order valence-electron chi connectivity index (χ3n) is 15.0. The number of hydrogen-bond donors (Lipinski definition) is 3. The Morgan fingerprint density at radius 3 is 2.28 bits per heavy atom. The maximum Gasteiger partial charge on any atom is 0.415 e. The van der Waals surface area contributed by atoms with Crippen LogP contribution in [0, 0.1) is 5.92 Å². The van der Waals surface area contributed by atoms with Crippen molar-refractivity contribution >= 4 is 41.0 Å². The number of hydrogen-bond acceptors (Lipinski definition) is 18. The highest BCUT2D eigenvalue weighted by molar-refractivity contribution is 5.89. The number of carbonyl (C=O) groups is 2. The number of benzene rings is 1. The van der Waals surface area contributed by atoms with E-state index in [4.69, 9.17) is 38.4 Å². The number of ether oxygens (including phenoxy) is 6. The van der Waals surface area contributed by atoms with Gasteiger partial charge in [0.05, 0.1) is 77.2 Å². The van der Waals surface area contributed by atoms with Crippen molar-refractivity contribution in [1.82, 2.24) is 39.3 Å². The largest absolute Gasteiger partial charge is 0.475 e.